The van der Waals surface area contributed by atoms with E-state index < -0.39 is 0 Å². The Labute approximate surface area is 129 Å². The predicted octanol–water partition coefficient (Wildman–Crippen LogP) is 3.11. The monoisotopic (exact) mass is 303 g/mol. The lowest BCUT2D eigenvalue weighted by Gasteiger charge is -2.14. The Bertz CT molecular complexity index is 566. The Morgan fingerprint density at radius 3 is 3.00 bits per heavy atom. The van der Waals surface area contributed by atoms with E-state index in [1.54, 1.807) is 24.6 Å². The number of hydrogen-bond donors (Lipinski definition) is 1. The number of thiazole rings is 1. The number of aromatic nitrogens is 2. The van der Waals surface area contributed by atoms with Crippen LogP contribution < -0.4 is 5.32 Å². The number of nitrogens with one attached hydrogen (secondary N) is 1. The van der Waals surface area contributed by atoms with Crippen LogP contribution in [0.5, 0.6) is 0 Å². The molecule has 0 atom stereocenters. The third-order valence-corrected chi connectivity index (χ3v) is 4.95. The maximum atomic E-state index is 5.19. The number of rotatable bonds is 8. The third-order valence-electron chi connectivity index (χ3n) is 4.04. The molecule has 21 heavy (non-hydrogen) atoms. The lowest BCUT2D eigenvalue weighted by atomic mass is 10.0. The zero-order valence-corrected chi connectivity index (χ0v) is 13.2. The largest absolute Gasteiger partial charge is 0.385 e. The summed E-state index contributed by atoms with van der Waals surface area (Å²) in [7, 11) is 1.78. The quantitative estimate of drug-likeness (QED) is 0.814. The average molecular weight is 303 g/mol. The maximum Gasteiger partial charge on any atom is 0.142 e. The van der Waals surface area contributed by atoms with E-state index in [0.717, 1.165) is 42.5 Å². The molecular weight excluding hydrogens is 282 g/mol. The Balaban J connectivity index is 1.49. The first kappa shape index (κ1) is 14.6. The molecule has 4 nitrogen and oxygen atoms in total. The molecule has 1 aliphatic rings. The van der Waals surface area contributed by atoms with Crippen LogP contribution in [0.15, 0.2) is 29.8 Å². The zero-order chi connectivity index (χ0) is 14.5. The van der Waals surface area contributed by atoms with E-state index in [1.165, 1.54) is 12.8 Å². The highest BCUT2D eigenvalue weighted by Gasteiger charge is 2.41. The van der Waals surface area contributed by atoms with E-state index >= 15 is 0 Å². The van der Waals surface area contributed by atoms with Crippen molar-refractivity contribution in [2.75, 3.05) is 20.3 Å². The molecule has 0 aliphatic heterocycles. The Kier molecular flexibility index (Phi) is 4.63. The van der Waals surface area contributed by atoms with Crippen LogP contribution in [0.1, 0.15) is 25.0 Å². The summed E-state index contributed by atoms with van der Waals surface area (Å²) in [5.41, 5.74) is 2.53. The Hall–Kier alpha value is -1.30. The van der Waals surface area contributed by atoms with Gasteiger partial charge in [-0.15, -0.1) is 11.3 Å². The van der Waals surface area contributed by atoms with Gasteiger partial charge in [-0.3, -0.25) is 4.98 Å². The molecule has 0 spiro atoms. The van der Waals surface area contributed by atoms with Crippen LogP contribution in [-0.4, -0.2) is 30.2 Å². The Morgan fingerprint density at radius 2 is 2.29 bits per heavy atom. The molecule has 1 fully saturated rings. The summed E-state index contributed by atoms with van der Waals surface area (Å²) in [6.45, 7) is 2.76. The van der Waals surface area contributed by atoms with E-state index in [9.17, 15) is 0 Å². The fourth-order valence-corrected chi connectivity index (χ4v) is 3.26. The van der Waals surface area contributed by atoms with Gasteiger partial charge in [0, 0.05) is 38.4 Å². The highest BCUT2D eigenvalue weighted by atomic mass is 32.1. The lowest BCUT2D eigenvalue weighted by molar-refractivity contribution is 0.171. The normalized spacial score (nSPS) is 16.0. The second kappa shape index (κ2) is 6.64. The van der Waals surface area contributed by atoms with Crippen molar-refractivity contribution in [3.63, 3.8) is 0 Å². The maximum absolute atomic E-state index is 5.19. The first-order chi connectivity index (χ1) is 10.3. The fourth-order valence-electron chi connectivity index (χ4n) is 2.46. The van der Waals surface area contributed by atoms with Crippen LogP contribution in [0.25, 0.3) is 10.7 Å². The number of methoxy groups -OCH3 is 1. The predicted molar refractivity (Wildman–Crippen MR) is 85.2 cm³/mol. The molecule has 112 valence electrons. The van der Waals surface area contributed by atoms with Gasteiger partial charge in [0.2, 0.25) is 0 Å². The fraction of sp³-hybridized carbons (Fsp3) is 0.500. The van der Waals surface area contributed by atoms with Gasteiger partial charge in [-0.25, -0.2) is 4.98 Å². The minimum Gasteiger partial charge on any atom is -0.385 e. The van der Waals surface area contributed by atoms with Crippen molar-refractivity contribution in [3.05, 3.63) is 35.5 Å². The second-order valence-corrected chi connectivity index (χ2v) is 6.56. The molecule has 3 rings (SSSR count). The number of nitrogens with zero attached hydrogens (tertiary/aromatic N) is 2. The van der Waals surface area contributed by atoms with Crippen LogP contribution in [0.2, 0.25) is 0 Å². The Morgan fingerprint density at radius 1 is 1.38 bits per heavy atom. The molecule has 0 aromatic carbocycles. The highest BCUT2D eigenvalue weighted by molar-refractivity contribution is 7.13. The third kappa shape index (κ3) is 3.87. The molecule has 1 saturated carbocycles. The van der Waals surface area contributed by atoms with E-state index in [0.29, 0.717) is 5.41 Å². The van der Waals surface area contributed by atoms with Crippen LogP contribution in [0.4, 0.5) is 0 Å². The van der Waals surface area contributed by atoms with Gasteiger partial charge in [-0.05, 0) is 36.8 Å². The first-order valence-corrected chi connectivity index (χ1v) is 8.25. The molecule has 2 aromatic rings. The van der Waals surface area contributed by atoms with Crippen LogP contribution in [0, 0.1) is 5.41 Å². The van der Waals surface area contributed by atoms with Gasteiger partial charge in [0.25, 0.3) is 0 Å². The van der Waals surface area contributed by atoms with E-state index in [1.807, 2.05) is 18.2 Å². The molecule has 1 N–H and O–H groups in total. The zero-order valence-electron chi connectivity index (χ0n) is 12.3. The topological polar surface area (TPSA) is 47.0 Å². The SMILES string of the molecule is COCCC1(CNCc2csc(-c3ccccn3)n2)CC1. The molecule has 5 heteroatoms. The minimum absolute atomic E-state index is 0.482. The molecule has 1 aliphatic carbocycles. The summed E-state index contributed by atoms with van der Waals surface area (Å²) in [6.07, 6.45) is 5.60. The van der Waals surface area contributed by atoms with Gasteiger partial charge in [-0.1, -0.05) is 6.07 Å². The number of hydrogen-bond acceptors (Lipinski definition) is 5. The van der Waals surface area contributed by atoms with Gasteiger partial charge in [-0.2, -0.15) is 0 Å². The van der Waals surface area contributed by atoms with Crippen molar-refractivity contribution in [1.29, 1.82) is 0 Å². The number of pyridine rings is 1. The molecule has 2 heterocycles. The summed E-state index contributed by atoms with van der Waals surface area (Å²) in [6, 6.07) is 5.92. The smallest absolute Gasteiger partial charge is 0.142 e. The molecule has 0 unspecified atom stereocenters. The highest BCUT2D eigenvalue weighted by Crippen LogP contribution is 2.48. The summed E-state index contributed by atoms with van der Waals surface area (Å²) < 4.78 is 5.19. The number of ether oxygens (including phenoxy) is 1. The van der Waals surface area contributed by atoms with Crippen molar-refractivity contribution >= 4 is 11.3 Å². The molecule has 0 saturated heterocycles. The minimum atomic E-state index is 0.482. The average Bonchev–Trinajstić information content (AvgIpc) is 3.13. The van der Waals surface area contributed by atoms with Crippen LogP contribution in [0.3, 0.4) is 0 Å². The van der Waals surface area contributed by atoms with Crippen LogP contribution >= 0.6 is 11.3 Å². The lowest BCUT2D eigenvalue weighted by Crippen LogP contribution is -2.24. The van der Waals surface area contributed by atoms with Gasteiger partial charge in [0.05, 0.1) is 11.4 Å². The molecule has 0 bridgehead atoms. The van der Waals surface area contributed by atoms with E-state index in [2.05, 4.69) is 20.7 Å². The summed E-state index contributed by atoms with van der Waals surface area (Å²) in [5.74, 6) is 0. The van der Waals surface area contributed by atoms with Crippen molar-refractivity contribution in [2.24, 2.45) is 5.41 Å². The first-order valence-electron chi connectivity index (χ1n) is 7.37. The van der Waals surface area contributed by atoms with Gasteiger partial charge >= 0.3 is 0 Å². The molecule has 0 radical (unpaired) electrons. The van der Waals surface area contributed by atoms with E-state index in [4.69, 9.17) is 4.74 Å². The summed E-state index contributed by atoms with van der Waals surface area (Å²) >= 11 is 1.66. The second-order valence-electron chi connectivity index (χ2n) is 5.71. The molecular formula is C16H21N3OS. The standard InChI is InChI=1S/C16H21N3OS/c1-20-9-7-16(5-6-16)12-17-10-13-11-21-15(19-13)14-4-2-3-8-18-14/h2-4,8,11,17H,5-7,9-10,12H2,1H3. The van der Waals surface area contributed by atoms with Crippen molar-refractivity contribution in [3.8, 4) is 10.7 Å². The summed E-state index contributed by atoms with van der Waals surface area (Å²) in [4.78, 5) is 8.99. The van der Waals surface area contributed by atoms with Crippen molar-refractivity contribution in [2.45, 2.75) is 25.8 Å². The van der Waals surface area contributed by atoms with Crippen molar-refractivity contribution in [1.82, 2.24) is 15.3 Å². The van der Waals surface area contributed by atoms with Crippen molar-refractivity contribution < 1.29 is 4.74 Å². The van der Waals surface area contributed by atoms with Gasteiger partial charge < -0.3 is 10.1 Å². The van der Waals surface area contributed by atoms with Gasteiger partial charge in [0.15, 0.2) is 0 Å². The van der Waals surface area contributed by atoms with Gasteiger partial charge in [0.1, 0.15) is 5.01 Å². The van der Waals surface area contributed by atoms with E-state index in [-0.39, 0.29) is 0 Å². The molecule has 2 aromatic heterocycles. The van der Waals surface area contributed by atoms with Crippen LogP contribution in [-0.2, 0) is 11.3 Å². The molecule has 0 amide bonds. The summed E-state index contributed by atoms with van der Waals surface area (Å²) in [5, 5.41) is 6.66.